The van der Waals surface area contributed by atoms with E-state index in [0.717, 1.165) is 5.56 Å². The van der Waals surface area contributed by atoms with Crippen LogP contribution in [0, 0.1) is 0 Å². The first kappa shape index (κ1) is 11.4. The van der Waals surface area contributed by atoms with E-state index in [4.69, 9.17) is 33.7 Å². The molecular weight excluding hydrogens is 221 g/mol. The first-order valence-corrected chi connectivity index (χ1v) is 4.96. The molecule has 0 aromatic heterocycles. The second-order valence-electron chi connectivity index (χ2n) is 2.60. The summed E-state index contributed by atoms with van der Waals surface area (Å²) in [6.07, 6.45) is 1.69. The van der Waals surface area contributed by atoms with Crippen molar-refractivity contribution in [3.05, 3.63) is 40.4 Å². The van der Waals surface area contributed by atoms with Gasteiger partial charge in [0.05, 0.1) is 5.02 Å². The molecule has 1 aromatic carbocycles. The maximum Gasteiger partial charge on any atom is 0.142 e. The second-order valence-corrected chi connectivity index (χ2v) is 3.26. The van der Waals surface area contributed by atoms with Crippen LogP contribution in [-0.2, 0) is 6.54 Å². The summed E-state index contributed by atoms with van der Waals surface area (Å²) in [6.45, 7) is 0.792. The van der Waals surface area contributed by atoms with Crippen LogP contribution in [0.2, 0.25) is 5.02 Å². The predicted molar refractivity (Wildman–Crippen MR) is 59.8 cm³/mol. The van der Waals surface area contributed by atoms with Crippen molar-refractivity contribution < 1.29 is 4.74 Å². The average molecular weight is 232 g/mol. The highest BCUT2D eigenvalue weighted by molar-refractivity contribution is 6.32. The van der Waals surface area contributed by atoms with E-state index < -0.39 is 0 Å². The topological polar surface area (TPSA) is 35.2 Å². The van der Waals surface area contributed by atoms with Crippen LogP contribution in [0.4, 0.5) is 0 Å². The van der Waals surface area contributed by atoms with Gasteiger partial charge in [-0.05, 0) is 12.1 Å². The van der Waals surface area contributed by atoms with Crippen molar-refractivity contribution in [3.8, 4) is 5.75 Å². The van der Waals surface area contributed by atoms with Gasteiger partial charge in [0.25, 0.3) is 0 Å². The van der Waals surface area contributed by atoms with Crippen molar-refractivity contribution in [1.29, 1.82) is 0 Å². The Labute approximate surface area is 93.3 Å². The van der Waals surface area contributed by atoms with Gasteiger partial charge in [0, 0.05) is 17.6 Å². The molecule has 0 amide bonds. The number of hydrogen-bond acceptors (Lipinski definition) is 2. The lowest BCUT2D eigenvalue weighted by Gasteiger charge is -2.09. The summed E-state index contributed by atoms with van der Waals surface area (Å²) < 4.78 is 5.42. The van der Waals surface area contributed by atoms with Crippen LogP contribution in [0.15, 0.2) is 29.8 Å². The van der Waals surface area contributed by atoms with Gasteiger partial charge in [0.1, 0.15) is 12.4 Å². The lowest BCUT2D eigenvalue weighted by Crippen LogP contribution is -2.02. The van der Waals surface area contributed by atoms with Gasteiger partial charge < -0.3 is 10.5 Å². The van der Waals surface area contributed by atoms with E-state index in [1.807, 2.05) is 12.1 Å². The van der Waals surface area contributed by atoms with Crippen molar-refractivity contribution in [2.45, 2.75) is 6.54 Å². The Bertz CT molecular complexity index is 326. The van der Waals surface area contributed by atoms with Gasteiger partial charge in [-0.3, -0.25) is 0 Å². The highest BCUT2D eigenvalue weighted by Gasteiger charge is 2.05. The fraction of sp³-hybridized carbons (Fsp3) is 0.200. The summed E-state index contributed by atoms with van der Waals surface area (Å²) in [5.41, 5.74) is 7.83. The van der Waals surface area contributed by atoms with Gasteiger partial charge in [0.2, 0.25) is 0 Å². The Morgan fingerprint density at radius 2 is 2.21 bits per heavy atom. The highest BCUT2D eigenvalue weighted by Crippen LogP contribution is 2.28. The molecule has 0 fully saturated rings. The van der Waals surface area contributed by atoms with Crippen molar-refractivity contribution in [2.24, 2.45) is 5.73 Å². The smallest absolute Gasteiger partial charge is 0.142 e. The number of para-hydroxylation sites is 1. The molecule has 2 N–H and O–H groups in total. The number of ether oxygens (including phenoxy) is 1. The summed E-state index contributed by atoms with van der Waals surface area (Å²) in [5.74, 6) is 0.631. The first-order valence-electron chi connectivity index (χ1n) is 4.15. The minimum Gasteiger partial charge on any atom is -0.488 e. The van der Waals surface area contributed by atoms with E-state index in [9.17, 15) is 0 Å². The van der Waals surface area contributed by atoms with Crippen LogP contribution in [0.3, 0.4) is 0 Å². The van der Waals surface area contributed by atoms with E-state index in [1.165, 1.54) is 5.54 Å². The molecule has 2 nitrogen and oxygen atoms in total. The van der Waals surface area contributed by atoms with E-state index in [-0.39, 0.29) is 0 Å². The van der Waals surface area contributed by atoms with Crippen LogP contribution < -0.4 is 10.5 Å². The first-order chi connectivity index (χ1) is 6.79. The second kappa shape index (κ2) is 5.91. The van der Waals surface area contributed by atoms with E-state index in [2.05, 4.69) is 0 Å². The standard InChI is InChI=1S/C10H11Cl2NO/c11-5-2-6-14-10-8(7-13)3-1-4-9(10)12/h1-5H,6-7,13H2/b5-2+. The molecule has 4 heteroatoms. The largest absolute Gasteiger partial charge is 0.488 e. The average Bonchev–Trinajstić information content (AvgIpc) is 2.20. The number of halogens is 2. The molecule has 0 saturated carbocycles. The van der Waals surface area contributed by atoms with Crippen molar-refractivity contribution in [2.75, 3.05) is 6.61 Å². The van der Waals surface area contributed by atoms with Crippen LogP contribution in [-0.4, -0.2) is 6.61 Å². The summed E-state index contributed by atoms with van der Waals surface area (Å²) in [5, 5.41) is 0.566. The van der Waals surface area contributed by atoms with E-state index in [1.54, 1.807) is 12.1 Å². The third-order valence-corrected chi connectivity index (χ3v) is 2.16. The summed E-state index contributed by atoms with van der Waals surface area (Å²) >= 11 is 11.3. The Kier molecular flexibility index (Phi) is 4.80. The van der Waals surface area contributed by atoms with Crippen molar-refractivity contribution in [1.82, 2.24) is 0 Å². The molecule has 0 spiro atoms. The lowest BCUT2D eigenvalue weighted by molar-refractivity contribution is 0.359. The van der Waals surface area contributed by atoms with Crippen LogP contribution >= 0.6 is 23.2 Å². The van der Waals surface area contributed by atoms with Gasteiger partial charge in [-0.2, -0.15) is 0 Å². The Hall–Kier alpha value is -0.700. The van der Waals surface area contributed by atoms with Gasteiger partial charge in [-0.15, -0.1) is 0 Å². The zero-order valence-corrected chi connectivity index (χ0v) is 9.05. The van der Waals surface area contributed by atoms with Crippen molar-refractivity contribution in [3.63, 3.8) is 0 Å². The number of hydrogen-bond donors (Lipinski definition) is 1. The van der Waals surface area contributed by atoms with Crippen molar-refractivity contribution >= 4 is 23.2 Å². The third kappa shape index (κ3) is 2.91. The molecule has 76 valence electrons. The number of benzene rings is 1. The van der Waals surface area contributed by atoms with Gasteiger partial charge in [-0.25, -0.2) is 0 Å². The highest BCUT2D eigenvalue weighted by atomic mass is 35.5. The van der Waals surface area contributed by atoms with Gasteiger partial charge in [-0.1, -0.05) is 35.3 Å². The maximum absolute atomic E-state index is 5.95. The summed E-state index contributed by atoms with van der Waals surface area (Å²) in [6, 6.07) is 5.49. The molecule has 0 bridgehead atoms. The predicted octanol–water partition coefficient (Wildman–Crippen LogP) is 2.93. The van der Waals surface area contributed by atoms with E-state index in [0.29, 0.717) is 23.9 Å². The molecule has 0 aliphatic heterocycles. The summed E-state index contributed by atoms with van der Waals surface area (Å²) in [4.78, 5) is 0. The monoisotopic (exact) mass is 231 g/mol. The van der Waals surface area contributed by atoms with Crippen LogP contribution in [0.25, 0.3) is 0 Å². The number of rotatable bonds is 4. The molecule has 14 heavy (non-hydrogen) atoms. The zero-order chi connectivity index (χ0) is 10.4. The molecule has 0 saturated heterocycles. The molecule has 1 aromatic rings. The molecule has 1 rings (SSSR count). The number of nitrogens with two attached hydrogens (primary N) is 1. The molecule has 0 unspecified atom stereocenters. The van der Waals surface area contributed by atoms with Crippen LogP contribution in [0.1, 0.15) is 5.56 Å². The fourth-order valence-corrected chi connectivity index (χ4v) is 1.37. The SMILES string of the molecule is NCc1cccc(Cl)c1OC/C=C/Cl. The quantitative estimate of drug-likeness (QED) is 0.866. The molecule has 0 aliphatic carbocycles. The molecule has 0 aliphatic rings. The van der Waals surface area contributed by atoms with Gasteiger partial charge >= 0.3 is 0 Å². The normalized spacial score (nSPS) is 10.8. The Morgan fingerprint density at radius 1 is 1.43 bits per heavy atom. The van der Waals surface area contributed by atoms with Crippen LogP contribution in [0.5, 0.6) is 5.75 Å². The molecule has 0 atom stereocenters. The maximum atomic E-state index is 5.95. The summed E-state index contributed by atoms with van der Waals surface area (Å²) in [7, 11) is 0. The van der Waals surface area contributed by atoms with Gasteiger partial charge in [0.15, 0.2) is 0 Å². The zero-order valence-electron chi connectivity index (χ0n) is 7.54. The molecule has 0 radical (unpaired) electrons. The Balaban J connectivity index is 2.82. The van der Waals surface area contributed by atoms with E-state index >= 15 is 0 Å². The lowest BCUT2D eigenvalue weighted by atomic mass is 10.2. The third-order valence-electron chi connectivity index (χ3n) is 1.68. The Morgan fingerprint density at radius 3 is 2.86 bits per heavy atom. The minimum absolute atomic E-state index is 0.389. The molecular formula is C10H11Cl2NO. The molecule has 0 heterocycles. The fourth-order valence-electron chi connectivity index (χ4n) is 1.04. The minimum atomic E-state index is 0.389.